The third-order valence-corrected chi connectivity index (χ3v) is 3.72. The molecule has 1 unspecified atom stereocenters. The summed E-state index contributed by atoms with van der Waals surface area (Å²) in [5.41, 5.74) is -0.0365. The molecule has 9 nitrogen and oxygen atoms in total. The van der Waals surface area contributed by atoms with Gasteiger partial charge in [0.1, 0.15) is 5.75 Å². The van der Waals surface area contributed by atoms with Gasteiger partial charge in [-0.3, -0.25) is 19.7 Å². The number of halogens is 3. The van der Waals surface area contributed by atoms with Gasteiger partial charge in [0.25, 0.3) is 11.6 Å². The molecule has 0 saturated heterocycles. The van der Waals surface area contributed by atoms with Crippen LogP contribution in [0.1, 0.15) is 22.0 Å². The smallest absolute Gasteiger partial charge is 0.406 e. The fourth-order valence-electron chi connectivity index (χ4n) is 2.31. The van der Waals surface area contributed by atoms with E-state index < -0.39 is 41.5 Å². The summed E-state index contributed by atoms with van der Waals surface area (Å²) >= 11 is 0. The molecule has 2 rings (SSSR count). The highest BCUT2D eigenvalue weighted by molar-refractivity contribution is 5.96. The number of benzene rings is 2. The molecule has 0 saturated carbocycles. The van der Waals surface area contributed by atoms with Gasteiger partial charge in [0.05, 0.1) is 17.6 Å². The number of aliphatic hydroxyl groups excluding tert-OH is 1. The highest BCUT2D eigenvalue weighted by Crippen LogP contribution is 2.24. The van der Waals surface area contributed by atoms with Gasteiger partial charge >= 0.3 is 6.36 Å². The second-order valence-electron chi connectivity index (χ2n) is 5.93. The molecule has 0 radical (unpaired) electrons. The molecule has 0 aromatic heterocycles. The van der Waals surface area contributed by atoms with Crippen molar-refractivity contribution < 1.29 is 37.5 Å². The van der Waals surface area contributed by atoms with Crippen LogP contribution in [-0.2, 0) is 4.79 Å². The molecule has 2 amide bonds. The Kier molecular flexibility index (Phi) is 7.31. The fraction of sp³-hybridized carbons (Fsp3) is 0.222. The Morgan fingerprint density at radius 1 is 1.13 bits per heavy atom. The van der Waals surface area contributed by atoms with Crippen molar-refractivity contribution in [2.45, 2.75) is 12.5 Å². The van der Waals surface area contributed by atoms with Crippen molar-refractivity contribution >= 4 is 17.5 Å². The Balaban J connectivity index is 1.80. The van der Waals surface area contributed by atoms with Crippen molar-refractivity contribution in [2.75, 3.05) is 13.1 Å². The van der Waals surface area contributed by atoms with Crippen molar-refractivity contribution in [3.63, 3.8) is 0 Å². The summed E-state index contributed by atoms with van der Waals surface area (Å²) in [6.07, 6.45) is -6.04. The van der Waals surface area contributed by atoms with Crippen molar-refractivity contribution in [2.24, 2.45) is 0 Å². The predicted octanol–water partition coefficient (Wildman–Crippen LogP) is 2.07. The van der Waals surface area contributed by atoms with Gasteiger partial charge in [-0.2, -0.15) is 0 Å². The molecule has 30 heavy (non-hydrogen) atoms. The number of amides is 2. The first-order valence-electron chi connectivity index (χ1n) is 8.38. The average Bonchev–Trinajstić information content (AvgIpc) is 2.69. The normalized spacial score (nSPS) is 12.0. The summed E-state index contributed by atoms with van der Waals surface area (Å²) in [6, 6.07) is 9.41. The Bertz CT molecular complexity index is 918. The second-order valence-corrected chi connectivity index (χ2v) is 5.93. The first-order chi connectivity index (χ1) is 14.0. The van der Waals surface area contributed by atoms with Crippen LogP contribution in [0.3, 0.4) is 0 Å². The standard InChI is InChI=1S/C18H16F3N3O6/c19-18(20,21)30-14-6-4-11(5-7-14)15(25)9-22-16(26)10-23-17(27)12-2-1-3-13(8-12)24(28)29/h1-8,15,25H,9-10H2,(H,22,26)(H,23,27). The monoisotopic (exact) mass is 427 g/mol. The van der Waals surface area contributed by atoms with Crippen molar-refractivity contribution in [1.82, 2.24) is 10.6 Å². The van der Waals surface area contributed by atoms with E-state index in [9.17, 15) is 38.0 Å². The molecule has 160 valence electrons. The van der Waals surface area contributed by atoms with Crippen LogP contribution >= 0.6 is 0 Å². The summed E-state index contributed by atoms with van der Waals surface area (Å²) in [6.45, 7) is -0.711. The Hall–Kier alpha value is -3.67. The lowest BCUT2D eigenvalue weighted by Gasteiger charge is -2.14. The Labute approximate surface area is 167 Å². The van der Waals surface area contributed by atoms with Crippen LogP contribution in [-0.4, -0.2) is 41.3 Å². The van der Waals surface area contributed by atoms with Crippen LogP contribution in [0.4, 0.5) is 18.9 Å². The first-order valence-corrected chi connectivity index (χ1v) is 8.38. The van der Waals surface area contributed by atoms with E-state index in [0.29, 0.717) is 0 Å². The number of nitrogens with one attached hydrogen (secondary N) is 2. The number of aliphatic hydroxyl groups is 1. The molecule has 0 heterocycles. The minimum atomic E-state index is -4.83. The van der Waals surface area contributed by atoms with Crippen LogP contribution < -0.4 is 15.4 Å². The molecule has 12 heteroatoms. The number of hydrogen-bond acceptors (Lipinski definition) is 6. The van der Waals surface area contributed by atoms with Gasteiger partial charge in [-0.15, -0.1) is 13.2 Å². The highest BCUT2D eigenvalue weighted by atomic mass is 19.4. The van der Waals surface area contributed by atoms with E-state index in [2.05, 4.69) is 15.4 Å². The number of hydrogen-bond donors (Lipinski definition) is 3. The topological polar surface area (TPSA) is 131 Å². The molecule has 0 spiro atoms. The number of carbonyl (C=O) groups excluding carboxylic acids is 2. The highest BCUT2D eigenvalue weighted by Gasteiger charge is 2.31. The SMILES string of the molecule is O=C(CNC(=O)c1cccc([N+](=O)[O-])c1)NCC(O)c1ccc(OC(F)(F)F)cc1. The molecule has 0 aliphatic rings. The maximum absolute atomic E-state index is 12.1. The molecular formula is C18H16F3N3O6. The number of nitro benzene ring substituents is 1. The van der Waals surface area contributed by atoms with Gasteiger partial charge in [0.15, 0.2) is 0 Å². The van der Waals surface area contributed by atoms with E-state index in [1.165, 1.54) is 30.3 Å². The van der Waals surface area contributed by atoms with E-state index in [-0.39, 0.29) is 23.4 Å². The minimum absolute atomic E-state index is 0.00167. The maximum atomic E-state index is 12.1. The fourth-order valence-corrected chi connectivity index (χ4v) is 2.31. The third-order valence-electron chi connectivity index (χ3n) is 3.72. The van der Waals surface area contributed by atoms with Gasteiger partial charge in [0, 0.05) is 24.2 Å². The lowest BCUT2D eigenvalue weighted by molar-refractivity contribution is -0.384. The van der Waals surface area contributed by atoms with E-state index >= 15 is 0 Å². The summed E-state index contributed by atoms with van der Waals surface area (Å²) in [7, 11) is 0. The molecule has 0 aliphatic carbocycles. The van der Waals surface area contributed by atoms with Gasteiger partial charge in [-0.1, -0.05) is 18.2 Å². The quantitative estimate of drug-likeness (QED) is 0.437. The number of carbonyl (C=O) groups is 2. The van der Waals surface area contributed by atoms with E-state index in [1.54, 1.807) is 0 Å². The predicted molar refractivity (Wildman–Crippen MR) is 96.5 cm³/mol. The summed E-state index contributed by atoms with van der Waals surface area (Å²) in [4.78, 5) is 33.8. The molecule has 0 fully saturated rings. The largest absolute Gasteiger partial charge is 0.573 e. The maximum Gasteiger partial charge on any atom is 0.573 e. The van der Waals surface area contributed by atoms with Crippen LogP contribution in [0, 0.1) is 10.1 Å². The van der Waals surface area contributed by atoms with Crippen LogP contribution in [0.25, 0.3) is 0 Å². The van der Waals surface area contributed by atoms with Crippen LogP contribution in [0.5, 0.6) is 5.75 Å². The molecule has 3 N–H and O–H groups in total. The summed E-state index contributed by atoms with van der Waals surface area (Å²) < 4.78 is 40.1. The van der Waals surface area contributed by atoms with Crippen molar-refractivity contribution in [1.29, 1.82) is 0 Å². The zero-order valence-electron chi connectivity index (χ0n) is 15.2. The molecule has 2 aromatic carbocycles. The van der Waals surface area contributed by atoms with Gasteiger partial charge in [0.2, 0.25) is 5.91 Å². The molecule has 0 bridgehead atoms. The number of nitro groups is 1. The molecule has 0 aliphatic heterocycles. The number of alkyl halides is 3. The zero-order chi connectivity index (χ0) is 22.3. The second kappa shape index (κ2) is 9.69. The molecule has 1 atom stereocenters. The average molecular weight is 427 g/mol. The van der Waals surface area contributed by atoms with Crippen LogP contribution in [0.2, 0.25) is 0 Å². The molecule has 2 aromatic rings. The number of rotatable bonds is 8. The molecular weight excluding hydrogens is 411 g/mol. The first kappa shape index (κ1) is 22.6. The number of non-ortho nitro benzene ring substituents is 1. The summed E-state index contributed by atoms with van der Waals surface area (Å²) in [5, 5.41) is 25.3. The number of nitrogens with zero attached hydrogens (tertiary/aromatic N) is 1. The van der Waals surface area contributed by atoms with E-state index in [0.717, 1.165) is 18.2 Å². The van der Waals surface area contributed by atoms with Gasteiger partial charge < -0.3 is 20.5 Å². The van der Waals surface area contributed by atoms with Gasteiger partial charge in [-0.25, -0.2) is 0 Å². The lowest BCUT2D eigenvalue weighted by Crippen LogP contribution is -2.38. The Morgan fingerprint density at radius 3 is 2.40 bits per heavy atom. The Morgan fingerprint density at radius 2 is 1.80 bits per heavy atom. The minimum Gasteiger partial charge on any atom is -0.406 e. The summed E-state index contributed by atoms with van der Waals surface area (Å²) in [5.74, 6) is -1.80. The number of ether oxygens (including phenoxy) is 1. The van der Waals surface area contributed by atoms with Gasteiger partial charge in [-0.05, 0) is 23.8 Å². The van der Waals surface area contributed by atoms with Crippen molar-refractivity contribution in [3.8, 4) is 5.75 Å². The van der Waals surface area contributed by atoms with E-state index in [4.69, 9.17) is 0 Å². The van der Waals surface area contributed by atoms with Crippen molar-refractivity contribution in [3.05, 3.63) is 69.8 Å². The lowest BCUT2D eigenvalue weighted by atomic mass is 10.1. The third kappa shape index (κ3) is 7.05. The van der Waals surface area contributed by atoms with E-state index in [1.807, 2.05) is 0 Å². The van der Waals surface area contributed by atoms with Crippen LogP contribution in [0.15, 0.2) is 48.5 Å². The zero-order valence-corrected chi connectivity index (χ0v) is 15.2.